The highest BCUT2D eigenvalue weighted by Gasteiger charge is 2.61. The molecule has 0 spiro atoms. The Morgan fingerprint density at radius 2 is 1.91 bits per heavy atom. The van der Waals surface area contributed by atoms with Crippen molar-refractivity contribution in [1.29, 1.82) is 0 Å². The molecule has 0 aromatic rings. The van der Waals surface area contributed by atoms with Gasteiger partial charge in [-0.15, -0.1) is 0 Å². The van der Waals surface area contributed by atoms with E-state index in [0.29, 0.717) is 41.8 Å². The van der Waals surface area contributed by atoms with Crippen LogP contribution in [0, 0.1) is 40.4 Å². The van der Waals surface area contributed by atoms with Gasteiger partial charge in [0.1, 0.15) is 6.10 Å². The molecular weight excluding hydrogens is 404 g/mol. The molecule has 0 unspecified atom stereocenters. The van der Waals surface area contributed by atoms with Crippen molar-refractivity contribution < 1.29 is 23.9 Å². The number of carbonyl (C=O) groups excluding carboxylic acids is 3. The summed E-state index contributed by atoms with van der Waals surface area (Å²) >= 11 is 0. The lowest BCUT2D eigenvalue weighted by Crippen LogP contribution is -2.52. The number of esters is 2. The van der Waals surface area contributed by atoms with E-state index >= 15 is 0 Å². The highest BCUT2D eigenvalue weighted by Crippen LogP contribution is 2.65. The fourth-order valence-corrected chi connectivity index (χ4v) is 8.21. The molecule has 8 atom stereocenters. The van der Waals surface area contributed by atoms with Crippen molar-refractivity contribution in [2.45, 2.75) is 91.6 Å². The van der Waals surface area contributed by atoms with E-state index in [1.165, 1.54) is 19.6 Å². The molecule has 4 aliphatic carbocycles. The van der Waals surface area contributed by atoms with Crippen molar-refractivity contribution >= 4 is 17.7 Å². The quantitative estimate of drug-likeness (QED) is 0.541. The fourth-order valence-electron chi connectivity index (χ4n) is 8.21. The third kappa shape index (κ3) is 3.74. The largest absolute Gasteiger partial charge is 0.469 e. The van der Waals surface area contributed by atoms with E-state index in [2.05, 4.69) is 20.8 Å². The van der Waals surface area contributed by atoms with E-state index in [0.717, 1.165) is 51.4 Å². The van der Waals surface area contributed by atoms with E-state index in [4.69, 9.17) is 9.47 Å². The summed E-state index contributed by atoms with van der Waals surface area (Å²) in [7, 11) is 1.44. The maximum atomic E-state index is 13.8. The molecule has 5 nitrogen and oxygen atoms in total. The normalized spacial score (nSPS) is 41.6. The summed E-state index contributed by atoms with van der Waals surface area (Å²) in [6, 6.07) is 0. The third-order valence-corrected chi connectivity index (χ3v) is 10.0. The molecule has 4 aliphatic rings. The van der Waals surface area contributed by atoms with Crippen LogP contribution in [0.15, 0.2) is 11.6 Å². The molecule has 0 amide bonds. The van der Waals surface area contributed by atoms with Crippen molar-refractivity contribution in [3.63, 3.8) is 0 Å². The Kier molecular flexibility index (Phi) is 6.32. The lowest BCUT2D eigenvalue weighted by atomic mass is 9.48. The molecular formula is C27H40O5. The molecule has 0 aliphatic heterocycles. The summed E-state index contributed by atoms with van der Waals surface area (Å²) in [5.41, 5.74) is 1.12. The number of rotatable bonds is 5. The van der Waals surface area contributed by atoms with Gasteiger partial charge in [-0.05, 0) is 92.4 Å². The van der Waals surface area contributed by atoms with E-state index in [-0.39, 0.29) is 28.9 Å². The zero-order valence-electron chi connectivity index (χ0n) is 20.4. The van der Waals surface area contributed by atoms with Crippen LogP contribution in [0.4, 0.5) is 0 Å². The van der Waals surface area contributed by atoms with Crippen LogP contribution in [0.1, 0.15) is 85.5 Å². The molecule has 0 radical (unpaired) electrons. The second-order valence-corrected chi connectivity index (χ2v) is 11.4. The van der Waals surface area contributed by atoms with Gasteiger partial charge in [0, 0.05) is 18.8 Å². The molecule has 32 heavy (non-hydrogen) atoms. The maximum absolute atomic E-state index is 13.8. The Balaban J connectivity index is 1.56. The summed E-state index contributed by atoms with van der Waals surface area (Å²) in [5, 5.41) is 0. The van der Waals surface area contributed by atoms with Crippen molar-refractivity contribution in [2.24, 2.45) is 40.4 Å². The lowest BCUT2D eigenvalue weighted by Gasteiger charge is -2.56. The van der Waals surface area contributed by atoms with Gasteiger partial charge in [0.2, 0.25) is 0 Å². The van der Waals surface area contributed by atoms with Gasteiger partial charge in [0.15, 0.2) is 5.78 Å². The average Bonchev–Trinajstić information content (AvgIpc) is 3.11. The molecule has 0 N–H and O–H groups in total. The average molecular weight is 445 g/mol. The van der Waals surface area contributed by atoms with Crippen LogP contribution in [-0.4, -0.2) is 30.9 Å². The van der Waals surface area contributed by atoms with E-state index < -0.39 is 0 Å². The first-order valence-electron chi connectivity index (χ1n) is 12.6. The molecule has 0 saturated heterocycles. The number of ketones is 1. The van der Waals surface area contributed by atoms with Crippen LogP contribution in [0.5, 0.6) is 0 Å². The van der Waals surface area contributed by atoms with E-state index in [1.54, 1.807) is 0 Å². The Bertz CT molecular complexity index is 815. The molecule has 0 aromatic heterocycles. The SMILES string of the molecule is COC(=O)CC[C@H](C)[C@@H]1CC[C@@H]2[C@@H]3CC[C@@H]4C[C@H](OC(C)=O)CC[C@]4(C)C3=CC(=O)[C@@]21C. The molecule has 3 fully saturated rings. The van der Waals surface area contributed by atoms with Crippen molar-refractivity contribution in [3.05, 3.63) is 11.6 Å². The summed E-state index contributed by atoms with van der Waals surface area (Å²) in [4.78, 5) is 36.9. The van der Waals surface area contributed by atoms with Crippen LogP contribution < -0.4 is 0 Å². The minimum absolute atomic E-state index is 0.0267. The van der Waals surface area contributed by atoms with Gasteiger partial charge in [-0.3, -0.25) is 14.4 Å². The van der Waals surface area contributed by atoms with Crippen molar-refractivity contribution in [1.82, 2.24) is 0 Å². The molecule has 5 heteroatoms. The Morgan fingerprint density at radius 1 is 1.16 bits per heavy atom. The number of fused-ring (bicyclic) bond motifs is 5. The van der Waals surface area contributed by atoms with E-state index in [9.17, 15) is 14.4 Å². The maximum Gasteiger partial charge on any atom is 0.305 e. The van der Waals surface area contributed by atoms with Crippen LogP contribution in [0.3, 0.4) is 0 Å². The molecule has 0 aromatic carbocycles. The Morgan fingerprint density at radius 3 is 2.59 bits per heavy atom. The predicted molar refractivity (Wildman–Crippen MR) is 122 cm³/mol. The second-order valence-electron chi connectivity index (χ2n) is 11.4. The zero-order chi connectivity index (χ0) is 23.3. The van der Waals surface area contributed by atoms with Crippen molar-refractivity contribution in [3.8, 4) is 0 Å². The summed E-state index contributed by atoms with van der Waals surface area (Å²) in [6.45, 7) is 8.28. The topological polar surface area (TPSA) is 69.7 Å². The van der Waals surface area contributed by atoms with Gasteiger partial charge in [-0.1, -0.05) is 26.3 Å². The summed E-state index contributed by atoms with van der Waals surface area (Å²) in [6.07, 6.45) is 10.5. The first kappa shape index (κ1) is 23.5. The van der Waals surface area contributed by atoms with Gasteiger partial charge in [0.25, 0.3) is 0 Å². The second kappa shape index (κ2) is 8.61. The molecule has 3 saturated carbocycles. The van der Waals surface area contributed by atoms with Gasteiger partial charge in [-0.2, -0.15) is 0 Å². The zero-order valence-corrected chi connectivity index (χ0v) is 20.4. The number of hydrogen-bond donors (Lipinski definition) is 0. The van der Waals surface area contributed by atoms with Gasteiger partial charge < -0.3 is 9.47 Å². The Hall–Kier alpha value is -1.65. The van der Waals surface area contributed by atoms with E-state index in [1.807, 2.05) is 6.08 Å². The third-order valence-electron chi connectivity index (χ3n) is 10.0. The van der Waals surface area contributed by atoms with Crippen LogP contribution in [-0.2, 0) is 23.9 Å². The number of ether oxygens (including phenoxy) is 2. The molecule has 4 rings (SSSR count). The lowest BCUT2D eigenvalue weighted by molar-refractivity contribution is -0.151. The van der Waals surface area contributed by atoms with Crippen LogP contribution in [0.2, 0.25) is 0 Å². The van der Waals surface area contributed by atoms with Gasteiger partial charge in [0.05, 0.1) is 7.11 Å². The smallest absolute Gasteiger partial charge is 0.305 e. The minimum atomic E-state index is -0.318. The summed E-state index contributed by atoms with van der Waals surface area (Å²) < 4.78 is 10.4. The Labute approximate surface area is 192 Å². The molecule has 178 valence electrons. The molecule has 0 heterocycles. The van der Waals surface area contributed by atoms with Crippen LogP contribution >= 0.6 is 0 Å². The number of carbonyl (C=O) groups is 3. The number of allylic oxidation sites excluding steroid dienone is 2. The predicted octanol–water partition coefficient (Wildman–Crippen LogP) is 5.27. The molecule has 0 bridgehead atoms. The highest BCUT2D eigenvalue weighted by atomic mass is 16.5. The van der Waals surface area contributed by atoms with Gasteiger partial charge >= 0.3 is 11.9 Å². The first-order chi connectivity index (χ1) is 15.1. The highest BCUT2D eigenvalue weighted by molar-refractivity contribution is 5.97. The first-order valence-corrected chi connectivity index (χ1v) is 12.6. The fraction of sp³-hybridized carbons (Fsp3) is 0.815. The monoisotopic (exact) mass is 444 g/mol. The number of methoxy groups -OCH3 is 1. The van der Waals surface area contributed by atoms with Crippen LogP contribution in [0.25, 0.3) is 0 Å². The van der Waals surface area contributed by atoms with Gasteiger partial charge in [-0.25, -0.2) is 0 Å². The number of hydrogen-bond acceptors (Lipinski definition) is 5. The summed E-state index contributed by atoms with van der Waals surface area (Å²) in [5.74, 6) is 1.99. The minimum Gasteiger partial charge on any atom is -0.469 e. The standard InChI is InChI=1S/C27H40O5/c1-16(6-11-25(30)31-5)21-9-10-22-20-8-7-18-14-19(32-17(2)28)12-13-26(18,3)23(20)15-24(29)27(21,22)4/h15-16,18-22H,6-14H2,1-5H3/t16-,18+,19+,20-,21-,22+,26-,27+/m0/s1. The van der Waals surface area contributed by atoms with Crippen molar-refractivity contribution in [2.75, 3.05) is 7.11 Å².